The van der Waals surface area contributed by atoms with Crippen molar-refractivity contribution in [2.45, 2.75) is 6.92 Å². The Kier molecular flexibility index (Phi) is 1.85. The third-order valence-corrected chi connectivity index (χ3v) is 2.10. The molecule has 1 aromatic rings. The van der Waals surface area contributed by atoms with Gasteiger partial charge in [-0.1, -0.05) is 22.9 Å². The van der Waals surface area contributed by atoms with Crippen molar-refractivity contribution >= 4 is 11.6 Å². The van der Waals surface area contributed by atoms with Crippen LogP contribution < -0.4 is 5.11 Å². The molecule has 1 aromatic carbocycles. The van der Waals surface area contributed by atoms with E-state index in [1.807, 2.05) is 37.3 Å². The largest absolute Gasteiger partial charge is 0.853 e. The molecule has 0 amide bonds. The van der Waals surface area contributed by atoms with E-state index in [1.54, 1.807) is 4.68 Å². The molecular formula is C10H10N2O. The third kappa shape index (κ3) is 1.45. The van der Waals surface area contributed by atoms with Crippen LogP contribution in [0.25, 0.3) is 0 Å². The number of benzene rings is 1. The molecular weight excluding hydrogens is 164 g/mol. The van der Waals surface area contributed by atoms with E-state index in [0.717, 1.165) is 11.3 Å². The van der Waals surface area contributed by atoms with Crippen LogP contribution in [0.5, 0.6) is 0 Å². The average molecular weight is 174 g/mol. The van der Waals surface area contributed by atoms with Crippen LogP contribution in [-0.4, -0.2) is 22.8 Å². The predicted octanol–water partition coefficient (Wildman–Crippen LogP) is 0.196. The molecule has 1 aliphatic heterocycles. The summed E-state index contributed by atoms with van der Waals surface area (Å²) in [5.41, 5.74) is 2.14. The minimum Gasteiger partial charge on any atom is -0.853 e. The van der Waals surface area contributed by atoms with E-state index in [0.29, 0.717) is 6.54 Å². The van der Waals surface area contributed by atoms with Gasteiger partial charge in [-0.15, -0.1) is 0 Å². The van der Waals surface area contributed by atoms with Gasteiger partial charge in [0.1, 0.15) is 5.90 Å². The van der Waals surface area contributed by atoms with Crippen LogP contribution in [0.3, 0.4) is 0 Å². The molecule has 3 nitrogen and oxygen atoms in total. The number of hydrazone groups is 1. The van der Waals surface area contributed by atoms with E-state index in [4.69, 9.17) is 0 Å². The quantitative estimate of drug-likeness (QED) is 0.560. The maximum atomic E-state index is 10.6. The van der Waals surface area contributed by atoms with Crippen LogP contribution in [0.4, 0.5) is 0 Å². The van der Waals surface area contributed by atoms with Crippen molar-refractivity contribution in [2.24, 2.45) is 5.10 Å². The Morgan fingerprint density at radius 2 is 2.00 bits per heavy atom. The Morgan fingerprint density at radius 1 is 1.38 bits per heavy atom. The van der Waals surface area contributed by atoms with Crippen molar-refractivity contribution in [3.8, 4) is 0 Å². The Hall–Kier alpha value is -1.64. The zero-order chi connectivity index (χ0) is 9.26. The van der Waals surface area contributed by atoms with Crippen molar-refractivity contribution in [3.05, 3.63) is 35.9 Å². The van der Waals surface area contributed by atoms with E-state index >= 15 is 0 Å². The molecule has 0 radical (unpaired) electrons. The fourth-order valence-electron chi connectivity index (χ4n) is 1.27. The smallest absolute Gasteiger partial charge is 0.212 e. The monoisotopic (exact) mass is 174 g/mol. The van der Waals surface area contributed by atoms with Gasteiger partial charge in [0, 0.05) is 12.5 Å². The summed E-state index contributed by atoms with van der Waals surface area (Å²) in [4.78, 5) is 0. The molecule has 3 heteroatoms. The molecule has 0 atom stereocenters. The Labute approximate surface area is 76.7 Å². The molecule has 0 saturated carbocycles. The normalized spacial score (nSPS) is 19.0. The van der Waals surface area contributed by atoms with Gasteiger partial charge in [0.05, 0.1) is 0 Å². The van der Waals surface area contributed by atoms with Crippen LogP contribution in [0.2, 0.25) is 0 Å². The zero-order valence-corrected chi connectivity index (χ0v) is 7.40. The molecule has 0 bridgehead atoms. The molecule has 66 valence electrons. The van der Waals surface area contributed by atoms with E-state index in [1.165, 1.54) is 0 Å². The van der Waals surface area contributed by atoms with Crippen molar-refractivity contribution in [1.82, 2.24) is 0 Å². The third-order valence-electron chi connectivity index (χ3n) is 2.10. The van der Waals surface area contributed by atoms with Crippen molar-refractivity contribution < 1.29 is 9.79 Å². The van der Waals surface area contributed by atoms with Crippen LogP contribution >= 0.6 is 0 Å². The highest BCUT2D eigenvalue weighted by molar-refractivity contribution is 5.96. The van der Waals surface area contributed by atoms with Crippen molar-refractivity contribution in [3.63, 3.8) is 0 Å². The summed E-state index contributed by atoms with van der Waals surface area (Å²) in [5, 5.41) is 14.4. The first-order valence-electron chi connectivity index (χ1n) is 4.18. The van der Waals surface area contributed by atoms with Crippen LogP contribution in [0.15, 0.2) is 35.4 Å². The lowest BCUT2D eigenvalue weighted by Crippen LogP contribution is -2.40. The predicted molar refractivity (Wildman–Crippen MR) is 48.8 cm³/mol. The highest BCUT2D eigenvalue weighted by atomic mass is 16.3. The fraction of sp³-hybridized carbons (Fsp3) is 0.200. The minimum absolute atomic E-state index is 0.0460. The fourth-order valence-corrected chi connectivity index (χ4v) is 1.27. The highest BCUT2D eigenvalue weighted by Crippen LogP contribution is 2.03. The molecule has 0 aliphatic carbocycles. The zero-order valence-electron chi connectivity index (χ0n) is 7.40. The summed E-state index contributed by atoms with van der Waals surface area (Å²) in [6.07, 6.45) is 0. The molecule has 0 fully saturated rings. The summed E-state index contributed by atoms with van der Waals surface area (Å²) in [6.45, 7) is 2.38. The summed E-state index contributed by atoms with van der Waals surface area (Å²) >= 11 is 0. The van der Waals surface area contributed by atoms with Crippen molar-refractivity contribution in [2.75, 3.05) is 6.54 Å². The standard InChI is InChI=1S/C10H10N2O/c1-8(12-7-10(13)11-12)9-5-3-2-4-6-9/h2-6H,7H2,1H3/b12-8+. The van der Waals surface area contributed by atoms with Gasteiger partial charge in [0.25, 0.3) is 0 Å². The van der Waals surface area contributed by atoms with E-state index in [2.05, 4.69) is 5.10 Å². The topological polar surface area (TPSA) is 38.4 Å². The van der Waals surface area contributed by atoms with Crippen LogP contribution in [-0.2, 0) is 0 Å². The van der Waals surface area contributed by atoms with Gasteiger partial charge in [0.15, 0.2) is 0 Å². The molecule has 0 unspecified atom stereocenters. The lowest BCUT2D eigenvalue weighted by atomic mass is 10.1. The number of nitrogens with zero attached hydrogens (tertiary/aromatic N) is 2. The SMILES string of the molecule is C/C(c1ccccc1)=[N+]1/CC([O-])=N1. The highest BCUT2D eigenvalue weighted by Gasteiger charge is 2.19. The maximum Gasteiger partial charge on any atom is 0.212 e. The van der Waals surface area contributed by atoms with Gasteiger partial charge in [-0.25, -0.2) is 0 Å². The van der Waals surface area contributed by atoms with Gasteiger partial charge >= 0.3 is 0 Å². The Morgan fingerprint density at radius 3 is 2.54 bits per heavy atom. The molecule has 1 aliphatic rings. The molecule has 13 heavy (non-hydrogen) atoms. The van der Waals surface area contributed by atoms with Gasteiger partial charge < -0.3 is 5.11 Å². The minimum atomic E-state index is -0.0460. The molecule has 1 heterocycles. The Balaban J connectivity index is 2.34. The number of rotatable bonds is 1. The second-order valence-electron chi connectivity index (χ2n) is 3.00. The van der Waals surface area contributed by atoms with Crippen LogP contribution in [0, 0.1) is 0 Å². The van der Waals surface area contributed by atoms with Crippen LogP contribution in [0.1, 0.15) is 12.5 Å². The van der Waals surface area contributed by atoms with Gasteiger partial charge in [-0.3, -0.25) is 0 Å². The molecule has 0 spiro atoms. The first-order valence-corrected chi connectivity index (χ1v) is 4.18. The first kappa shape index (κ1) is 7.98. The second-order valence-corrected chi connectivity index (χ2v) is 3.00. The molecule has 0 saturated heterocycles. The van der Waals surface area contributed by atoms with Gasteiger partial charge in [-0.2, -0.15) is 0 Å². The summed E-state index contributed by atoms with van der Waals surface area (Å²) in [7, 11) is 0. The van der Waals surface area contributed by atoms with Crippen molar-refractivity contribution in [1.29, 1.82) is 0 Å². The number of hydrogen-bond acceptors (Lipinski definition) is 2. The Bertz CT molecular complexity index is 379. The van der Waals surface area contributed by atoms with Gasteiger partial charge in [0.2, 0.25) is 12.3 Å². The van der Waals surface area contributed by atoms with E-state index in [-0.39, 0.29) is 5.90 Å². The van der Waals surface area contributed by atoms with Gasteiger partial charge in [-0.05, 0) is 17.2 Å². The second kappa shape index (κ2) is 3.01. The maximum absolute atomic E-state index is 10.6. The number of hydrogen-bond donors (Lipinski definition) is 0. The lowest BCUT2D eigenvalue weighted by Gasteiger charge is -2.14. The van der Waals surface area contributed by atoms with E-state index in [9.17, 15) is 5.11 Å². The molecule has 0 N–H and O–H groups in total. The summed E-state index contributed by atoms with van der Waals surface area (Å²) in [5.74, 6) is -0.0460. The molecule has 2 rings (SSSR count). The summed E-state index contributed by atoms with van der Waals surface area (Å²) in [6, 6.07) is 9.93. The van der Waals surface area contributed by atoms with E-state index < -0.39 is 0 Å². The first-order chi connectivity index (χ1) is 6.27. The lowest BCUT2D eigenvalue weighted by molar-refractivity contribution is -0.563. The molecule has 0 aromatic heterocycles. The summed E-state index contributed by atoms with van der Waals surface area (Å²) < 4.78 is 1.72. The average Bonchev–Trinajstić information content (AvgIpc) is 2.13.